The number of benzene rings is 1. The first-order chi connectivity index (χ1) is 9.54. The molecule has 1 rings (SSSR count). The van der Waals surface area contributed by atoms with Gasteiger partial charge < -0.3 is 14.8 Å². The fourth-order valence-electron chi connectivity index (χ4n) is 1.56. The molecule has 0 aliphatic carbocycles. The molecule has 0 unspecified atom stereocenters. The number of carbonyl (C=O) groups is 1. The first-order valence-corrected chi connectivity index (χ1v) is 7.53. The molecule has 0 bridgehead atoms. The van der Waals surface area contributed by atoms with Crippen molar-refractivity contribution in [2.24, 2.45) is 5.92 Å². The van der Waals surface area contributed by atoms with E-state index in [0.717, 1.165) is 17.5 Å². The van der Waals surface area contributed by atoms with Gasteiger partial charge in [-0.15, -0.1) is 0 Å². The zero-order chi connectivity index (χ0) is 15.0. The van der Waals surface area contributed by atoms with Gasteiger partial charge in [0.05, 0.1) is 19.3 Å². The Bertz CT molecular complexity index is 435. The summed E-state index contributed by atoms with van der Waals surface area (Å²) in [5.41, 5.74) is 0.562. The lowest BCUT2D eigenvalue weighted by atomic mass is 10.1. The van der Waals surface area contributed by atoms with Gasteiger partial charge in [-0.2, -0.15) is 0 Å². The van der Waals surface area contributed by atoms with Crippen molar-refractivity contribution in [2.45, 2.75) is 20.3 Å². The molecule has 0 aliphatic heterocycles. The fourth-order valence-corrected chi connectivity index (χ4v) is 1.99. The molecule has 0 atom stereocenters. The van der Waals surface area contributed by atoms with Crippen LogP contribution >= 0.6 is 15.9 Å². The Morgan fingerprint density at radius 1 is 1.35 bits per heavy atom. The number of rotatable bonds is 8. The van der Waals surface area contributed by atoms with Gasteiger partial charge in [-0.05, 0) is 46.5 Å². The van der Waals surface area contributed by atoms with Crippen molar-refractivity contribution in [2.75, 3.05) is 26.9 Å². The second-order valence-corrected chi connectivity index (χ2v) is 5.75. The van der Waals surface area contributed by atoms with E-state index in [1.165, 1.54) is 0 Å². The number of methoxy groups -OCH3 is 1. The van der Waals surface area contributed by atoms with Crippen LogP contribution in [0.2, 0.25) is 0 Å². The van der Waals surface area contributed by atoms with Crippen molar-refractivity contribution in [3.8, 4) is 5.75 Å². The molecule has 0 fully saturated rings. The third-order valence-corrected chi connectivity index (χ3v) is 3.48. The molecular weight excluding hydrogens is 322 g/mol. The van der Waals surface area contributed by atoms with Crippen molar-refractivity contribution >= 4 is 21.8 Å². The molecule has 0 saturated carbocycles. The summed E-state index contributed by atoms with van der Waals surface area (Å²) in [4.78, 5) is 12.0. The van der Waals surface area contributed by atoms with Crippen LogP contribution in [0.5, 0.6) is 5.75 Å². The van der Waals surface area contributed by atoms with Gasteiger partial charge in [0.1, 0.15) is 5.75 Å². The highest BCUT2D eigenvalue weighted by Gasteiger charge is 2.10. The van der Waals surface area contributed by atoms with Gasteiger partial charge in [0, 0.05) is 17.6 Å². The second-order valence-electron chi connectivity index (χ2n) is 4.90. The Kier molecular flexibility index (Phi) is 7.62. The molecule has 1 amide bonds. The molecule has 0 radical (unpaired) electrons. The number of carbonyl (C=O) groups excluding carboxylic acids is 1. The van der Waals surface area contributed by atoms with Crippen LogP contribution in [0.3, 0.4) is 0 Å². The van der Waals surface area contributed by atoms with E-state index < -0.39 is 0 Å². The van der Waals surface area contributed by atoms with Crippen LogP contribution in [-0.2, 0) is 4.74 Å². The molecule has 1 N–H and O–H groups in total. The largest absolute Gasteiger partial charge is 0.497 e. The van der Waals surface area contributed by atoms with E-state index in [-0.39, 0.29) is 5.91 Å². The molecule has 0 aromatic heterocycles. The lowest BCUT2D eigenvalue weighted by Crippen LogP contribution is -2.27. The van der Waals surface area contributed by atoms with Crippen molar-refractivity contribution in [1.82, 2.24) is 5.32 Å². The Labute approximate surface area is 129 Å². The maximum absolute atomic E-state index is 12.0. The number of amides is 1. The molecule has 1 aromatic carbocycles. The topological polar surface area (TPSA) is 47.6 Å². The van der Waals surface area contributed by atoms with Gasteiger partial charge >= 0.3 is 0 Å². The zero-order valence-corrected chi connectivity index (χ0v) is 13.8. The summed E-state index contributed by atoms with van der Waals surface area (Å²) in [6, 6.07) is 5.31. The van der Waals surface area contributed by atoms with Crippen molar-refractivity contribution < 1.29 is 14.3 Å². The Balaban J connectivity index is 2.36. The lowest BCUT2D eigenvalue weighted by molar-refractivity contribution is 0.0905. The molecule has 0 heterocycles. The van der Waals surface area contributed by atoms with Crippen LogP contribution in [0.4, 0.5) is 0 Å². The monoisotopic (exact) mass is 343 g/mol. The summed E-state index contributed by atoms with van der Waals surface area (Å²) in [6.45, 7) is 6.08. The van der Waals surface area contributed by atoms with Crippen LogP contribution in [-0.4, -0.2) is 32.8 Å². The highest BCUT2D eigenvalue weighted by Crippen LogP contribution is 2.22. The number of halogens is 1. The third-order valence-electron chi connectivity index (χ3n) is 2.79. The molecular formula is C15H22BrNO3. The van der Waals surface area contributed by atoms with Gasteiger partial charge in [-0.1, -0.05) is 13.8 Å². The molecule has 1 aromatic rings. The maximum Gasteiger partial charge on any atom is 0.252 e. The Morgan fingerprint density at radius 3 is 2.75 bits per heavy atom. The Morgan fingerprint density at radius 2 is 2.10 bits per heavy atom. The summed E-state index contributed by atoms with van der Waals surface area (Å²) in [5.74, 6) is 1.16. The van der Waals surface area contributed by atoms with Crippen molar-refractivity contribution in [3.05, 3.63) is 28.2 Å². The number of hydrogen-bond acceptors (Lipinski definition) is 3. The summed E-state index contributed by atoms with van der Waals surface area (Å²) >= 11 is 3.36. The highest BCUT2D eigenvalue weighted by molar-refractivity contribution is 9.10. The molecule has 4 nitrogen and oxygen atoms in total. The first-order valence-electron chi connectivity index (χ1n) is 6.74. The van der Waals surface area contributed by atoms with Gasteiger partial charge in [0.15, 0.2) is 0 Å². The zero-order valence-electron chi connectivity index (χ0n) is 12.2. The first kappa shape index (κ1) is 17.0. The summed E-state index contributed by atoms with van der Waals surface area (Å²) in [5, 5.41) is 2.83. The van der Waals surface area contributed by atoms with E-state index in [1.807, 2.05) is 0 Å². The normalized spacial score (nSPS) is 10.7. The third kappa shape index (κ3) is 5.92. The highest BCUT2D eigenvalue weighted by atomic mass is 79.9. The molecule has 5 heteroatoms. The average molecular weight is 344 g/mol. The van der Waals surface area contributed by atoms with E-state index in [2.05, 4.69) is 35.1 Å². The standard InChI is InChI=1S/C15H22BrNO3/c1-11(2)6-8-20-9-7-17-15(18)13-10-12(19-3)4-5-14(13)16/h4-5,10-11H,6-9H2,1-3H3,(H,17,18). The fraction of sp³-hybridized carbons (Fsp3) is 0.533. The smallest absolute Gasteiger partial charge is 0.252 e. The molecule has 20 heavy (non-hydrogen) atoms. The summed E-state index contributed by atoms with van der Waals surface area (Å²) in [7, 11) is 1.58. The van der Waals surface area contributed by atoms with E-state index in [4.69, 9.17) is 9.47 Å². The molecule has 0 spiro atoms. The van der Waals surface area contributed by atoms with E-state index in [0.29, 0.717) is 30.4 Å². The molecule has 112 valence electrons. The predicted molar refractivity (Wildman–Crippen MR) is 83.3 cm³/mol. The SMILES string of the molecule is COc1ccc(Br)c(C(=O)NCCOCCC(C)C)c1. The predicted octanol–water partition coefficient (Wildman–Crippen LogP) is 3.25. The summed E-state index contributed by atoms with van der Waals surface area (Å²) in [6.07, 6.45) is 1.04. The number of nitrogens with one attached hydrogen (secondary N) is 1. The van der Waals surface area contributed by atoms with Crippen LogP contribution in [0, 0.1) is 5.92 Å². The van der Waals surface area contributed by atoms with E-state index >= 15 is 0 Å². The van der Waals surface area contributed by atoms with Crippen molar-refractivity contribution in [1.29, 1.82) is 0 Å². The Hall–Kier alpha value is -1.07. The van der Waals surface area contributed by atoms with Gasteiger partial charge in [-0.3, -0.25) is 4.79 Å². The molecule has 0 saturated heterocycles. The van der Waals surface area contributed by atoms with Gasteiger partial charge in [0.25, 0.3) is 5.91 Å². The minimum absolute atomic E-state index is 0.136. The van der Waals surface area contributed by atoms with Crippen LogP contribution in [0.25, 0.3) is 0 Å². The van der Waals surface area contributed by atoms with Crippen LogP contribution in [0.1, 0.15) is 30.6 Å². The maximum atomic E-state index is 12.0. The average Bonchev–Trinajstić information content (AvgIpc) is 2.42. The lowest BCUT2D eigenvalue weighted by Gasteiger charge is -2.09. The minimum atomic E-state index is -0.136. The van der Waals surface area contributed by atoms with Gasteiger partial charge in [0.2, 0.25) is 0 Å². The van der Waals surface area contributed by atoms with Crippen LogP contribution < -0.4 is 10.1 Å². The van der Waals surface area contributed by atoms with Crippen molar-refractivity contribution in [3.63, 3.8) is 0 Å². The van der Waals surface area contributed by atoms with Crippen LogP contribution in [0.15, 0.2) is 22.7 Å². The minimum Gasteiger partial charge on any atom is -0.497 e. The van der Waals surface area contributed by atoms with Gasteiger partial charge in [-0.25, -0.2) is 0 Å². The number of hydrogen-bond donors (Lipinski definition) is 1. The summed E-state index contributed by atoms with van der Waals surface area (Å²) < 4.78 is 11.3. The second kappa shape index (κ2) is 8.97. The molecule has 0 aliphatic rings. The number of ether oxygens (including phenoxy) is 2. The van der Waals surface area contributed by atoms with E-state index in [9.17, 15) is 4.79 Å². The quantitative estimate of drug-likeness (QED) is 0.737. The van der Waals surface area contributed by atoms with E-state index in [1.54, 1.807) is 25.3 Å².